The van der Waals surface area contributed by atoms with Gasteiger partial charge in [-0.2, -0.15) is 4.39 Å². The summed E-state index contributed by atoms with van der Waals surface area (Å²) in [7, 11) is 2.75. The van der Waals surface area contributed by atoms with Gasteiger partial charge in [0.15, 0.2) is 17.9 Å². The van der Waals surface area contributed by atoms with Crippen molar-refractivity contribution in [1.29, 1.82) is 0 Å². The number of hydrogen-bond donors (Lipinski definition) is 0. The zero-order valence-corrected chi connectivity index (χ0v) is 26.6. The summed E-state index contributed by atoms with van der Waals surface area (Å²) < 4.78 is 66.1. The van der Waals surface area contributed by atoms with E-state index in [2.05, 4.69) is 20.8 Å². The first kappa shape index (κ1) is 35.3. The highest BCUT2D eigenvalue weighted by Gasteiger charge is 2.58. The predicted octanol–water partition coefficient (Wildman–Crippen LogP) is 7.17. The number of aldehydes is 1. The Morgan fingerprint density at radius 3 is 2.07 bits per heavy atom. The van der Waals surface area contributed by atoms with E-state index < -0.39 is 41.8 Å². The molecule has 43 heavy (non-hydrogen) atoms. The summed E-state index contributed by atoms with van der Waals surface area (Å²) >= 11 is 6.57. The minimum Gasteiger partial charge on any atom is -0.494 e. The second-order valence-electron chi connectivity index (χ2n) is 10.7. The van der Waals surface area contributed by atoms with Crippen LogP contribution >= 0.6 is 11.6 Å². The van der Waals surface area contributed by atoms with Gasteiger partial charge in [-0.25, -0.2) is 4.39 Å². The standard InChI is InChI=1S/C33H45ClF2O7/c1-6-9-16-40-30-27(21-37)43-33(39-5,32(42-18-11-8-3)31(30)41-17-10-7-2)24-13-14-25(34)23(20-24)19-22-12-15-26(38-4)29(36)28(22)35/h12-15,20-21,27,30-32H,6-11,16-19H2,1-5H3/t27-,30-,31+,32-,33+/m1/s1. The van der Waals surface area contributed by atoms with E-state index in [1.165, 1.54) is 26.4 Å². The Balaban J connectivity index is 2.11. The molecule has 0 saturated carbocycles. The van der Waals surface area contributed by atoms with Crippen LogP contribution in [0.2, 0.25) is 5.02 Å². The molecule has 10 heteroatoms. The highest BCUT2D eigenvalue weighted by molar-refractivity contribution is 6.31. The van der Waals surface area contributed by atoms with Crippen LogP contribution in [0.1, 0.15) is 76.0 Å². The van der Waals surface area contributed by atoms with E-state index in [0.29, 0.717) is 42.3 Å². The summed E-state index contributed by atoms with van der Waals surface area (Å²) in [4.78, 5) is 12.5. The number of methoxy groups -OCH3 is 2. The maximum Gasteiger partial charge on any atom is 0.225 e. The SMILES string of the molecule is CCCCO[C@H]1[C@H](OCCCC)[C@@H](C=O)O[C@@](OC)(c2ccc(Cl)c(Cc3ccc(OC)c(F)c3F)c2)[C@@H]1OCCCC. The van der Waals surface area contributed by atoms with Crippen molar-refractivity contribution in [3.63, 3.8) is 0 Å². The van der Waals surface area contributed by atoms with Gasteiger partial charge in [0, 0.05) is 43.9 Å². The molecule has 0 bridgehead atoms. The first-order chi connectivity index (χ1) is 20.8. The predicted molar refractivity (Wildman–Crippen MR) is 161 cm³/mol. The average Bonchev–Trinajstić information content (AvgIpc) is 3.01. The Bertz CT molecular complexity index is 1170. The minimum absolute atomic E-state index is 0.0170. The fraction of sp³-hybridized carbons (Fsp3) is 0.606. The molecule has 3 rings (SSSR count). The summed E-state index contributed by atoms with van der Waals surface area (Å²) in [5.74, 6) is -3.87. The zero-order chi connectivity index (χ0) is 31.4. The van der Waals surface area contributed by atoms with Crippen molar-refractivity contribution in [3.05, 3.63) is 63.7 Å². The highest BCUT2D eigenvalue weighted by Crippen LogP contribution is 2.44. The molecule has 0 aromatic heterocycles. The molecule has 1 saturated heterocycles. The van der Waals surface area contributed by atoms with Crippen LogP contribution < -0.4 is 4.74 Å². The van der Waals surface area contributed by atoms with Crippen LogP contribution in [-0.4, -0.2) is 64.7 Å². The molecule has 0 unspecified atom stereocenters. The molecule has 0 spiro atoms. The summed E-state index contributed by atoms with van der Waals surface area (Å²) in [6.45, 7) is 7.45. The van der Waals surface area contributed by atoms with Gasteiger partial charge in [-0.05, 0) is 48.6 Å². The maximum absolute atomic E-state index is 14.9. The van der Waals surface area contributed by atoms with Crippen LogP contribution in [0.4, 0.5) is 8.78 Å². The number of carbonyl (C=O) groups excluding carboxylic acids is 1. The lowest BCUT2D eigenvalue weighted by atomic mass is 9.86. The Morgan fingerprint density at radius 1 is 0.860 bits per heavy atom. The Hall–Kier alpha value is -2.14. The minimum atomic E-state index is -1.59. The van der Waals surface area contributed by atoms with Crippen LogP contribution in [0.3, 0.4) is 0 Å². The Morgan fingerprint density at radius 2 is 1.49 bits per heavy atom. The molecule has 0 aliphatic carbocycles. The molecule has 2 aromatic rings. The van der Waals surface area contributed by atoms with Crippen molar-refractivity contribution >= 4 is 17.9 Å². The zero-order valence-electron chi connectivity index (χ0n) is 25.8. The fourth-order valence-corrected chi connectivity index (χ4v) is 5.37. The summed E-state index contributed by atoms with van der Waals surface area (Å²) in [6, 6.07) is 7.91. The largest absolute Gasteiger partial charge is 0.494 e. The van der Waals surface area contributed by atoms with E-state index in [1.54, 1.807) is 18.2 Å². The molecule has 1 heterocycles. The van der Waals surface area contributed by atoms with Crippen LogP contribution in [-0.2, 0) is 40.7 Å². The number of halogens is 3. The van der Waals surface area contributed by atoms with Crippen LogP contribution in [0.15, 0.2) is 30.3 Å². The molecular weight excluding hydrogens is 582 g/mol. The van der Waals surface area contributed by atoms with E-state index in [0.717, 1.165) is 38.5 Å². The van der Waals surface area contributed by atoms with E-state index in [9.17, 15) is 13.6 Å². The molecule has 0 amide bonds. The third-order valence-electron chi connectivity index (χ3n) is 7.66. The lowest BCUT2D eigenvalue weighted by Crippen LogP contribution is -2.66. The third kappa shape index (κ3) is 8.32. The Kier molecular flexibility index (Phi) is 14.3. The van der Waals surface area contributed by atoms with Crippen molar-refractivity contribution in [2.75, 3.05) is 34.0 Å². The van der Waals surface area contributed by atoms with Crippen LogP contribution in [0.5, 0.6) is 5.75 Å². The monoisotopic (exact) mass is 626 g/mol. The lowest BCUT2D eigenvalue weighted by Gasteiger charge is -2.51. The normalized spacial score (nSPS) is 23.8. The summed E-state index contributed by atoms with van der Waals surface area (Å²) in [5.41, 5.74) is 1.09. The van der Waals surface area contributed by atoms with Gasteiger partial charge in [0.2, 0.25) is 11.6 Å². The van der Waals surface area contributed by atoms with E-state index in [4.69, 9.17) is 40.0 Å². The molecule has 5 atom stereocenters. The average molecular weight is 627 g/mol. The van der Waals surface area contributed by atoms with E-state index >= 15 is 0 Å². The molecule has 2 aromatic carbocycles. The molecule has 1 aliphatic heterocycles. The molecule has 1 aliphatic rings. The van der Waals surface area contributed by atoms with Crippen molar-refractivity contribution < 1.29 is 42.0 Å². The first-order valence-electron chi connectivity index (χ1n) is 15.1. The molecule has 0 N–H and O–H groups in total. The van der Waals surface area contributed by atoms with Gasteiger partial charge in [0.25, 0.3) is 0 Å². The number of carbonyl (C=O) groups is 1. The van der Waals surface area contributed by atoms with Crippen LogP contribution in [0.25, 0.3) is 0 Å². The van der Waals surface area contributed by atoms with Gasteiger partial charge in [0.05, 0.1) is 7.11 Å². The summed E-state index contributed by atoms with van der Waals surface area (Å²) in [6.07, 6.45) is 2.55. The van der Waals surface area contributed by atoms with Crippen molar-refractivity contribution in [3.8, 4) is 5.75 Å². The van der Waals surface area contributed by atoms with Crippen molar-refractivity contribution in [2.24, 2.45) is 0 Å². The van der Waals surface area contributed by atoms with Gasteiger partial charge in [-0.15, -0.1) is 0 Å². The molecule has 240 valence electrons. The fourth-order valence-electron chi connectivity index (χ4n) is 5.19. The van der Waals surface area contributed by atoms with E-state index in [1.807, 2.05) is 0 Å². The maximum atomic E-state index is 14.9. The molecule has 0 radical (unpaired) electrons. The lowest BCUT2D eigenvalue weighted by molar-refractivity contribution is -0.370. The second-order valence-corrected chi connectivity index (χ2v) is 11.1. The van der Waals surface area contributed by atoms with Crippen LogP contribution in [0, 0.1) is 11.6 Å². The number of rotatable bonds is 18. The quantitative estimate of drug-likeness (QED) is 0.128. The van der Waals surface area contributed by atoms with Gasteiger partial charge >= 0.3 is 0 Å². The summed E-state index contributed by atoms with van der Waals surface area (Å²) in [5, 5.41) is 0.341. The Labute approximate surface area is 259 Å². The number of unbranched alkanes of at least 4 members (excludes halogenated alkanes) is 3. The van der Waals surface area contributed by atoms with E-state index in [-0.39, 0.29) is 17.7 Å². The topological polar surface area (TPSA) is 72.5 Å². The second kappa shape index (κ2) is 17.4. The van der Waals surface area contributed by atoms with Gasteiger partial charge in [-0.1, -0.05) is 63.8 Å². The van der Waals surface area contributed by atoms with Crippen molar-refractivity contribution in [1.82, 2.24) is 0 Å². The van der Waals surface area contributed by atoms with Crippen molar-refractivity contribution in [2.45, 2.75) is 95.9 Å². The molecule has 1 fully saturated rings. The highest BCUT2D eigenvalue weighted by atomic mass is 35.5. The smallest absolute Gasteiger partial charge is 0.225 e. The molecular formula is C33H45ClF2O7. The van der Waals surface area contributed by atoms with Gasteiger partial charge in [-0.3, -0.25) is 0 Å². The third-order valence-corrected chi connectivity index (χ3v) is 8.03. The molecule has 7 nitrogen and oxygen atoms in total. The number of ether oxygens (including phenoxy) is 6. The van der Waals surface area contributed by atoms with Gasteiger partial charge < -0.3 is 33.2 Å². The van der Waals surface area contributed by atoms with Gasteiger partial charge in [0.1, 0.15) is 24.4 Å². The first-order valence-corrected chi connectivity index (χ1v) is 15.5. The number of benzene rings is 2. The number of hydrogen-bond acceptors (Lipinski definition) is 7.